The molecule has 0 saturated carbocycles. The van der Waals surface area contributed by atoms with E-state index in [4.69, 9.17) is 10.5 Å². The Balaban J connectivity index is 2.64. The number of benzene rings is 1. The zero-order chi connectivity index (χ0) is 11.5. The third kappa shape index (κ3) is 1.64. The van der Waals surface area contributed by atoms with Crippen molar-refractivity contribution >= 4 is 5.70 Å². The van der Waals surface area contributed by atoms with Crippen molar-refractivity contribution in [3.63, 3.8) is 0 Å². The van der Waals surface area contributed by atoms with Gasteiger partial charge in [0.15, 0.2) is 5.57 Å². The lowest BCUT2D eigenvalue weighted by atomic mass is 9.92. The molecule has 16 heavy (non-hydrogen) atoms. The van der Waals surface area contributed by atoms with E-state index in [-0.39, 0.29) is 11.6 Å². The summed E-state index contributed by atoms with van der Waals surface area (Å²) in [6, 6.07) is 12.0. The van der Waals surface area contributed by atoms with Crippen molar-refractivity contribution in [2.24, 2.45) is 0 Å². The Morgan fingerprint density at radius 1 is 1.31 bits per heavy atom. The van der Waals surface area contributed by atoms with E-state index in [1.165, 1.54) is 5.56 Å². The molecule has 1 heterocycles. The molecule has 1 atom stereocenters. The summed E-state index contributed by atoms with van der Waals surface area (Å²) in [6.07, 6.45) is 0.920. The predicted molar refractivity (Wildman–Crippen MR) is 60.9 cm³/mol. The van der Waals surface area contributed by atoms with Crippen LogP contribution in [0.2, 0.25) is 0 Å². The van der Waals surface area contributed by atoms with Crippen LogP contribution in [0.5, 0.6) is 0 Å². The number of hydrogen-bond acceptors (Lipinski definition) is 3. The molecule has 0 fully saturated rings. The number of hydrogen-bond donors (Lipinski definition) is 1. The first-order chi connectivity index (χ1) is 7.76. The highest BCUT2D eigenvalue weighted by atomic mass is 14.9. The van der Waals surface area contributed by atoms with E-state index < -0.39 is 0 Å². The number of allylic oxidation sites excluding steroid dienone is 1. The van der Waals surface area contributed by atoms with Gasteiger partial charge in [-0.2, -0.15) is 10.5 Å². The zero-order valence-corrected chi connectivity index (χ0v) is 8.99. The smallest absolute Gasteiger partial charge is 0.153 e. The van der Waals surface area contributed by atoms with Crippen molar-refractivity contribution in [1.29, 1.82) is 10.5 Å². The van der Waals surface area contributed by atoms with E-state index in [2.05, 4.69) is 5.32 Å². The van der Waals surface area contributed by atoms with Gasteiger partial charge in [0.05, 0.1) is 5.70 Å². The van der Waals surface area contributed by atoms with Gasteiger partial charge in [-0.25, -0.2) is 0 Å². The molecule has 1 aromatic rings. The molecule has 1 aromatic carbocycles. The molecule has 0 amide bonds. The lowest BCUT2D eigenvalue weighted by molar-refractivity contribution is 0.627. The van der Waals surface area contributed by atoms with Crippen LogP contribution in [-0.2, 0) is 6.42 Å². The number of fused-ring (bicyclic) bond motifs is 1. The Morgan fingerprint density at radius 3 is 2.69 bits per heavy atom. The van der Waals surface area contributed by atoms with Crippen LogP contribution in [0.4, 0.5) is 0 Å². The third-order valence-electron chi connectivity index (χ3n) is 2.68. The minimum atomic E-state index is 0.152. The Morgan fingerprint density at radius 2 is 2.00 bits per heavy atom. The molecule has 0 spiro atoms. The average Bonchev–Trinajstić information content (AvgIpc) is 2.30. The van der Waals surface area contributed by atoms with E-state index in [0.29, 0.717) is 5.70 Å². The van der Waals surface area contributed by atoms with Crippen LogP contribution in [-0.4, -0.2) is 6.04 Å². The Hall–Kier alpha value is -2.26. The highest BCUT2D eigenvalue weighted by Gasteiger charge is 2.20. The highest BCUT2D eigenvalue weighted by molar-refractivity contribution is 5.77. The molecule has 0 radical (unpaired) electrons. The van der Waals surface area contributed by atoms with Gasteiger partial charge in [0.1, 0.15) is 12.1 Å². The fourth-order valence-electron chi connectivity index (χ4n) is 1.99. The molecular weight excluding hydrogens is 198 g/mol. The van der Waals surface area contributed by atoms with Gasteiger partial charge < -0.3 is 5.32 Å². The molecular formula is C13H11N3. The molecule has 1 unspecified atom stereocenters. The fourth-order valence-corrected chi connectivity index (χ4v) is 1.99. The van der Waals surface area contributed by atoms with Crippen molar-refractivity contribution in [2.45, 2.75) is 19.4 Å². The predicted octanol–water partition coefficient (Wildman–Crippen LogP) is 1.98. The quantitative estimate of drug-likeness (QED) is 0.664. The van der Waals surface area contributed by atoms with Gasteiger partial charge in [-0.3, -0.25) is 0 Å². The fraction of sp³-hybridized carbons (Fsp3) is 0.231. The van der Waals surface area contributed by atoms with Crippen molar-refractivity contribution in [1.82, 2.24) is 5.32 Å². The number of rotatable bonds is 0. The summed E-state index contributed by atoms with van der Waals surface area (Å²) in [4.78, 5) is 0. The lowest BCUT2D eigenvalue weighted by Gasteiger charge is -2.26. The summed E-state index contributed by atoms with van der Waals surface area (Å²) in [5, 5.41) is 21.0. The first-order valence-electron chi connectivity index (χ1n) is 5.15. The SMILES string of the molecule is CC1Cc2ccccc2C(=C(C#N)C#N)N1. The maximum absolute atomic E-state index is 8.92. The first-order valence-corrected chi connectivity index (χ1v) is 5.15. The van der Waals surface area contributed by atoms with Crippen LogP contribution in [0.15, 0.2) is 29.8 Å². The normalized spacial score (nSPS) is 17.7. The first kappa shape index (κ1) is 10.3. The number of nitrogens with one attached hydrogen (secondary N) is 1. The molecule has 0 aliphatic carbocycles. The van der Waals surface area contributed by atoms with E-state index in [1.54, 1.807) is 0 Å². The van der Waals surface area contributed by atoms with Crippen molar-refractivity contribution < 1.29 is 0 Å². The standard InChI is InChI=1S/C13H11N3/c1-9-6-10-4-2-3-5-12(10)13(16-9)11(7-14)8-15/h2-5,9,16H,6H2,1H3. The van der Waals surface area contributed by atoms with Gasteiger partial charge in [-0.1, -0.05) is 24.3 Å². The van der Waals surface area contributed by atoms with E-state index in [9.17, 15) is 0 Å². The lowest BCUT2D eigenvalue weighted by Crippen LogP contribution is -2.32. The summed E-state index contributed by atoms with van der Waals surface area (Å²) < 4.78 is 0. The largest absolute Gasteiger partial charge is 0.380 e. The van der Waals surface area contributed by atoms with Crippen molar-refractivity contribution in [3.05, 3.63) is 41.0 Å². The summed E-state index contributed by atoms with van der Waals surface area (Å²) in [5.41, 5.74) is 2.98. The molecule has 0 bridgehead atoms. The monoisotopic (exact) mass is 209 g/mol. The summed E-state index contributed by atoms with van der Waals surface area (Å²) in [5.74, 6) is 0. The Labute approximate surface area is 94.6 Å². The molecule has 3 nitrogen and oxygen atoms in total. The molecule has 1 aliphatic heterocycles. The number of nitrogens with zero attached hydrogens (tertiary/aromatic N) is 2. The highest BCUT2D eigenvalue weighted by Crippen LogP contribution is 2.26. The zero-order valence-electron chi connectivity index (χ0n) is 8.99. The van der Waals surface area contributed by atoms with E-state index in [1.807, 2.05) is 43.3 Å². The molecule has 78 valence electrons. The summed E-state index contributed by atoms with van der Waals surface area (Å²) in [7, 11) is 0. The van der Waals surface area contributed by atoms with Crippen LogP contribution in [0.1, 0.15) is 18.1 Å². The van der Waals surface area contributed by atoms with E-state index in [0.717, 1.165) is 12.0 Å². The van der Waals surface area contributed by atoms with Crippen LogP contribution < -0.4 is 5.32 Å². The van der Waals surface area contributed by atoms with Crippen molar-refractivity contribution in [2.75, 3.05) is 0 Å². The number of nitriles is 2. The molecule has 0 saturated heterocycles. The van der Waals surface area contributed by atoms with Gasteiger partial charge >= 0.3 is 0 Å². The van der Waals surface area contributed by atoms with E-state index >= 15 is 0 Å². The second-order valence-electron chi connectivity index (χ2n) is 3.88. The third-order valence-corrected chi connectivity index (χ3v) is 2.68. The van der Waals surface area contributed by atoms with Crippen LogP contribution >= 0.6 is 0 Å². The van der Waals surface area contributed by atoms with Gasteiger partial charge in [0.25, 0.3) is 0 Å². The second-order valence-corrected chi connectivity index (χ2v) is 3.88. The van der Waals surface area contributed by atoms with Crippen LogP contribution in [0.25, 0.3) is 5.70 Å². The molecule has 1 aliphatic rings. The van der Waals surface area contributed by atoms with Crippen LogP contribution in [0.3, 0.4) is 0 Å². The maximum Gasteiger partial charge on any atom is 0.153 e. The van der Waals surface area contributed by atoms with Gasteiger partial charge in [0, 0.05) is 11.6 Å². The van der Waals surface area contributed by atoms with Gasteiger partial charge in [-0.15, -0.1) is 0 Å². The molecule has 1 N–H and O–H groups in total. The van der Waals surface area contributed by atoms with Gasteiger partial charge in [0.2, 0.25) is 0 Å². The van der Waals surface area contributed by atoms with Crippen LogP contribution in [0, 0.1) is 22.7 Å². The molecule has 3 heteroatoms. The minimum absolute atomic E-state index is 0.152. The summed E-state index contributed by atoms with van der Waals surface area (Å²) in [6.45, 7) is 2.04. The molecule has 0 aromatic heterocycles. The maximum atomic E-state index is 8.92. The Bertz CT molecular complexity index is 513. The summed E-state index contributed by atoms with van der Waals surface area (Å²) >= 11 is 0. The Kier molecular flexibility index (Phi) is 2.62. The minimum Gasteiger partial charge on any atom is -0.380 e. The topological polar surface area (TPSA) is 59.6 Å². The average molecular weight is 209 g/mol. The van der Waals surface area contributed by atoms with Gasteiger partial charge in [-0.05, 0) is 18.9 Å². The van der Waals surface area contributed by atoms with Crippen molar-refractivity contribution in [3.8, 4) is 12.1 Å². The molecule has 2 rings (SSSR count). The second kappa shape index (κ2) is 4.08.